The summed E-state index contributed by atoms with van der Waals surface area (Å²) >= 11 is 0. The number of aromatic amines is 2. The van der Waals surface area contributed by atoms with Gasteiger partial charge in [-0.1, -0.05) is 48.5 Å². The molecule has 7 aromatic rings. The average Bonchev–Trinajstić information content (AvgIpc) is 1.59. The first-order chi connectivity index (χ1) is 46.4. The first kappa shape index (κ1) is 61.3. The summed E-state index contributed by atoms with van der Waals surface area (Å²) in [6.07, 6.45) is 22.3. The van der Waals surface area contributed by atoms with Gasteiger partial charge in [0.1, 0.15) is 22.1 Å². The summed E-state index contributed by atoms with van der Waals surface area (Å²) < 4.78 is 0. The van der Waals surface area contributed by atoms with E-state index >= 15 is 0 Å². The fourth-order valence-electron chi connectivity index (χ4n) is 24.0. The molecule has 10 unspecified atom stereocenters. The standard InChI is InChI=1S/3C18H20O.2C16H15N3O/c3*1-10-6-14-9-18-5-4-13(8-18)17(19)12(3)16(18)15(14)7-11(10)2;2*1-8-13-10-2-3-12-14(18-19-17-12)11(10)7-16(13)5-4-9(6-16)15(8)20/h3*6-7,13H,4-5,8-9H2,1-3H3;2*2-3,9H,4-7H2,1H3,(H,17,18,19). The van der Waals surface area contributed by atoms with E-state index in [4.69, 9.17) is 0 Å². The van der Waals surface area contributed by atoms with Crippen LogP contribution in [0.2, 0.25) is 0 Å². The van der Waals surface area contributed by atoms with E-state index in [0.717, 1.165) is 140 Å². The van der Waals surface area contributed by atoms with Gasteiger partial charge in [-0.05, 0) is 361 Å². The zero-order valence-corrected chi connectivity index (χ0v) is 58.6. The number of nitrogens with one attached hydrogen (secondary N) is 2. The van der Waals surface area contributed by atoms with Crippen LogP contribution in [0.4, 0.5) is 0 Å². The van der Waals surface area contributed by atoms with Crippen LogP contribution in [0.1, 0.15) is 220 Å². The van der Waals surface area contributed by atoms with Gasteiger partial charge >= 0.3 is 0 Å². The van der Waals surface area contributed by atoms with Crippen molar-refractivity contribution in [1.82, 2.24) is 30.8 Å². The Morgan fingerprint density at radius 2 is 0.557 bits per heavy atom. The van der Waals surface area contributed by atoms with E-state index in [1.54, 1.807) is 0 Å². The molecule has 5 spiro atoms. The molecule has 0 saturated heterocycles. The monoisotopic (exact) mass is 1290 g/mol. The van der Waals surface area contributed by atoms with E-state index < -0.39 is 0 Å². The lowest BCUT2D eigenvalue weighted by molar-refractivity contribution is -0.120. The van der Waals surface area contributed by atoms with E-state index in [1.807, 2.05) is 26.0 Å². The molecular formula is C86H90N6O5. The number of benzene rings is 5. The maximum absolute atomic E-state index is 12.5. The van der Waals surface area contributed by atoms with Crippen molar-refractivity contribution < 1.29 is 24.0 Å². The van der Waals surface area contributed by atoms with Crippen molar-refractivity contribution in [3.05, 3.63) is 178 Å². The average molecular weight is 1290 g/mol. The topological polar surface area (TPSA) is 168 Å². The van der Waals surface area contributed by atoms with Gasteiger partial charge in [0.2, 0.25) is 0 Å². The Morgan fingerprint density at radius 3 is 0.835 bits per heavy atom. The van der Waals surface area contributed by atoms with Crippen molar-refractivity contribution in [2.75, 3.05) is 0 Å². The lowest BCUT2D eigenvalue weighted by Crippen LogP contribution is -2.26. The molecule has 5 fully saturated rings. The highest BCUT2D eigenvalue weighted by Gasteiger charge is 2.59. The number of hydrogen-bond acceptors (Lipinski definition) is 9. The fourth-order valence-corrected chi connectivity index (χ4v) is 24.0. The quantitative estimate of drug-likeness (QED) is 0.150. The summed E-state index contributed by atoms with van der Waals surface area (Å²) in [5.74, 6) is 3.52. The van der Waals surface area contributed by atoms with Gasteiger partial charge in [0.25, 0.3) is 0 Å². The molecule has 2 aromatic heterocycles. The summed E-state index contributed by atoms with van der Waals surface area (Å²) in [6, 6.07) is 22.4. The van der Waals surface area contributed by atoms with Crippen LogP contribution in [-0.4, -0.2) is 59.7 Å². The molecule has 11 heteroatoms. The summed E-state index contributed by atoms with van der Waals surface area (Å²) in [7, 11) is 0. The second-order valence-electron chi connectivity index (χ2n) is 33.7. The largest absolute Gasteiger partial charge is 0.294 e. The number of H-pyrrole nitrogens is 2. The number of aryl methyl sites for hydroxylation is 6. The van der Waals surface area contributed by atoms with E-state index in [-0.39, 0.29) is 22.7 Å². The smallest absolute Gasteiger partial charge is 0.161 e. The van der Waals surface area contributed by atoms with Crippen LogP contribution in [0.5, 0.6) is 0 Å². The highest BCUT2D eigenvalue weighted by atomic mass is 16.1. The van der Waals surface area contributed by atoms with Gasteiger partial charge in [0.15, 0.2) is 28.9 Å². The molecule has 5 aromatic carbocycles. The number of ketones is 5. The Morgan fingerprint density at radius 1 is 0.309 bits per heavy atom. The van der Waals surface area contributed by atoms with Crippen LogP contribution in [0.25, 0.3) is 49.9 Å². The molecule has 10 atom stereocenters. The molecule has 2 N–H and O–H groups in total. The van der Waals surface area contributed by atoms with Gasteiger partial charge in [-0.15, -0.1) is 0 Å². The van der Waals surface area contributed by atoms with Crippen LogP contribution in [-0.2, 0) is 56.1 Å². The maximum atomic E-state index is 12.5. The molecule has 10 bridgehead atoms. The highest BCUT2D eigenvalue weighted by Crippen LogP contribution is 2.67. The van der Waals surface area contributed by atoms with Crippen molar-refractivity contribution in [2.24, 2.45) is 56.7 Å². The van der Waals surface area contributed by atoms with Crippen LogP contribution in [0.15, 0.2) is 88.5 Å². The zero-order valence-electron chi connectivity index (χ0n) is 58.6. The van der Waals surface area contributed by atoms with Crippen molar-refractivity contribution in [1.29, 1.82) is 0 Å². The summed E-state index contributed by atoms with van der Waals surface area (Å²) in [5.41, 5.74) is 39.1. The number of carbonyl (C=O) groups is 5. The number of allylic oxidation sites excluding steroid dienone is 10. The Balaban J connectivity index is 0.0000000882. The Kier molecular flexibility index (Phi) is 13.3. The second-order valence-corrected chi connectivity index (χ2v) is 33.7. The predicted molar refractivity (Wildman–Crippen MR) is 381 cm³/mol. The molecule has 0 radical (unpaired) electrons. The van der Waals surface area contributed by atoms with Crippen molar-refractivity contribution in [2.45, 2.75) is 205 Å². The van der Waals surface area contributed by atoms with Gasteiger partial charge in [0, 0.05) is 56.7 Å². The molecular weight excluding hydrogens is 1200 g/mol. The number of Topliss-reactive ketones (excluding diaryl/α,β-unsaturated/α-hetero) is 5. The lowest BCUT2D eigenvalue weighted by Gasteiger charge is -2.31. The van der Waals surface area contributed by atoms with Crippen molar-refractivity contribution >= 4 is 78.8 Å². The van der Waals surface area contributed by atoms with E-state index in [2.05, 4.69) is 142 Å². The summed E-state index contributed by atoms with van der Waals surface area (Å²) in [5, 5.41) is 22.5. The first-order valence-electron chi connectivity index (χ1n) is 36.7. The number of carbonyl (C=O) groups excluding carboxylic acids is 5. The van der Waals surface area contributed by atoms with Gasteiger partial charge in [-0.2, -0.15) is 30.8 Å². The van der Waals surface area contributed by atoms with Crippen LogP contribution in [0.3, 0.4) is 0 Å². The normalized spacial score (nSPS) is 31.5. The maximum Gasteiger partial charge on any atom is 0.161 e. The third kappa shape index (κ3) is 8.53. The van der Waals surface area contributed by atoms with Gasteiger partial charge in [-0.25, -0.2) is 0 Å². The first-order valence-corrected chi connectivity index (χ1v) is 36.7. The molecule has 0 aliphatic heterocycles. The second kappa shape index (κ2) is 21.0. The van der Waals surface area contributed by atoms with Gasteiger partial charge in [-0.3, -0.25) is 24.0 Å². The Labute approximate surface area is 569 Å². The molecule has 15 aliphatic carbocycles. The van der Waals surface area contributed by atoms with Crippen LogP contribution < -0.4 is 0 Å². The lowest BCUT2D eigenvalue weighted by atomic mass is 9.71. The molecule has 5 saturated carbocycles. The SMILES string of the molecule is CC1=C2c3cc(C)c(C)cc3CC23CCC(C3)C1=O.CC1=C2c3cc(C)c(C)cc3CC23CCC(C3)C1=O.CC1=C2c3cc(C)c(C)cc3CC23CCC(C3)C1=O.CC1=C2c3ccc4n[nH]nc4c3CC23CCC(C3)C1=O.CC1=C2c3ccc4n[nH]nc4c3CC23CCC(C3)C1=O. The van der Waals surface area contributed by atoms with Gasteiger partial charge < -0.3 is 0 Å². The summed E-state index contributed by atoms with van der Waals surface area (Å²) in [4.78, 5) is 62.2. The van der Waals surface area contributed by atoms with E-state index in [9.17, 15) is 24.0 Å². The molecule has 22 rings (SSSR count). The number of rotatable bonds is 0. The van der Waals surface area contributed by atoms with Gasteiger partial charge in [0.05, 0.1) is 0 Å². The minimum Gasteiger partial charge on any atom is -0.294 e. The summed E-state index contributed by atoms with van der Waals surface area (Å²) in [6.45, 7) is 23.3. The number of fused-ring (bicyclic) bond motifs is 19. The number of aromatic nitrogens is 6. The van der Waals surface area contributed by atoms with E-state index in [1.165, 1.54) is 155 Å². The number of nitrogens with zero attached hydrogens (tertiary/aromatic N) is 4. The number of hydrogen-bond donors (Lipinski definition) is 2. The molecule has 15 aliphatic rings. The third-order valence-electron chi connectivity index (χ3n) is 28.6. The molecule has 0 amide bonds. The Hall–Kier alpha value is -8.05. The fraction of sp³-hybridized carbons (Fsp3) is 0.477. The van der Waals surface area contributed by atoms with E-state index in [0.29, 0.717) is 62.9 Å². The highest BCUT2D eigenvalue weighted by molar-refractivity contribution is 6.12. The molecule has 494 valence electrons. The minimum absolute atomic E-state index is 0.207. The van der Waals surface area contributed by atoms with Crippen LogP contribution >= 0.6 is 0 Å². The molecule has 97 heavy (non-hydrogen) atoms. The minimum atomic E-state index is 0.207. The van der Waals surface area contributed by atoms with Crippen molar-refractivity contribution in [3.63, 3.8) is 0 Å². The molecule has 2 heterocycles. The Bertz CT molecular complexity index is 4620. The molecule has 11 nitrogen and oxygen atoms in total. The third-order valence-corrected chi connectivity index (χ3v) is 28.6. The predicted octanol–water partition coefficient (Wildman–Crippen LogP) is 17.3. The van der Waals surface area contributed by atoms with Crippen molar-refractivity contribution in [3.8, 4) is 0 Å². The van der Waals surface area contributed by atoms with Crippen LogP contribution in [0, 0.1) is 98.2 Å². The zero-order chi connectivity index (χ0) is 67.0.